The number of benzene rings is 1. The van der Waals surface area contributed by atoms with Crippen LogP contribution in [0.3, 0.4) is 0 Å². The Morgan fingerprint density at radius 1 is 1.58 bits per heavy atom. The maximum atomic E-state index is 10.9. The Hall–Kier alpha value is -0.470. The Kier molecular flexibility index (Phi) is 3.18. The minimum Gasteiger partial charge on any atom is -0.298 e. The first-order valence-corrected chi connectivity index (χ1v) is 4.43. The van der Waals surface area contributed by atoms with Crippen molar-refractivity contribution in [2.24, 2.45) is 0 Å². The molecule has 1 nitrogen and oxygen atoms in total. The second-order valence-electron chi connectivity index (χ2n) is 2.57. The quantitative estimate of drug-likeness (QED) is 0.574. The van der Waals surface area contributed by atoms with Gasteiger partial charge in [0.25, 0.3) is 0 Å². The van der Waals surface area contributed by atoms with E-state index < -0.39 is 5.38 Å². The number of hydrogen-bond donors (Lipinski definition) is 1. The van der Waals surface area contributed by atoms with E-state index in [0.29, 0.717) is 0 Å². The SMILES string of the molecule is CC(=O)C(Cl)c1cccc(S)c1. The van der Waals surface area contributed by atoms with E-state index in [1.165, 1.54) is 6.92 Å². The molecule has 0 N–H and O–H groups in total. The molecule has 12 heavy (non-hydrogen) atoms. The lowest BCUT2D eigenvalue weighted by Gasteiger charge is -2.05. The van der Waals surface area contributed by atoms with Crippen molar-refractivity contribution >= 4 is 30.0 Å². The van der Waals surface area contributed by atoms with Gasteiger partial charge in [0.15, 0.2) is 5.78 Å². The molecule has 0 aromatic heterocycles. The van der Waals surface area contributed by atoms with Crippen LogP contribution in [0.4, 0.5) is 0 Å². The number of carbonyl (C=O) groups is 1. The lowest BCUT2D eigenvalue weighted by atomic mass is 10.1. The molecule has 0 aliphatic rings. The van der Waals surface area contributed by atoms with Gasteiger partial charge in [-0.25, -0.2) is 0 Å². The summed E-state index contributed by atoms with van der Waals surface area (Å²) in [4.78, 5) is 11.7. The van der Waals surface area contributed by atoms with Gasteiger partial charge in [0, 0.05) is 4.90 Å². The van der Waals surface area contributed by atoms with Crippen molar-refractivity contribution in [2.75, 3.05) is 0 Å². The van der Waals surface area contributed by atoms with Gasteiger partial charge in [-0.1, -0.05) is 12.1 Å². The number of ketones is 1. The highest BCUT2D eigenvalue weighted by molar-refractivity contribution is 7.80. The predicted octanol–water partition coefficient (Wildman–Crippen LogP) is 2.84. The maximum Gasteiger partial charge on any atom is 0.152 e. The van der Waals surface area contributed by atoms with Gasteiger partial charge in [-0.2, -0.15) is 0 Å². The van der Waals surface area contributed by atoms with Crippen molar-refractivity contribution in [3.63, 3.8) is 0 Å². The third kappa shape index (κ3) is 2.26. The third-order valence-electron chi connectivity index (χ3n) is 1.52. The first kappa shape index (κ1) is 9.62. The zero-order chi connectivity index (χ0) is 9.14. The van der Waals surface area contributed by atoms with E-state index in [1.54, 1.807) is 6.07 Å². The molecule has 1 atom stereocenters. The molecule has 0 saturated heterocycles. The summed E-state index contributed by atoms with van der Waals surface area (Å²) in [7, 11) is 0. The highest BCUT2D eigenvalue weighted by Crippen LogP contribution is 2.22. The molecular weight excluding hydrogens is 192 g/mol. The van der Waals surface area contributed by atoms with Crippen LogP contribution in [0.5, 0.6) is 0 Å². The van der Waals surface area contributed by atoms with Crippen molar-refractivity contribution in [3.8, 4) is 0 Å². The smallest absolute Gasteiger partial charge is 0.152 e. The lowest BCUT2D eigenvalue weighted by molar-refractivity contribution is -0.116. The summed E-state index contributed by atoms with van der Waals surface area (Å²) in [6.07, 6.45) is 0. The largest absolute Gasteiger partial charge is 0.298 e. The summed E-state index contributed by atoms with van der Waals surface area (Å²) in [6.45, 7) is 1.48. The van der Waals surface area contributed by atoms with E-state index in [9.17, 15) is 4.79 Å². The summed E-state index contributed by atoms with van der Waals surface area (Å²) in [5, 5.41) is -0.544. The maximum absolute atomic E-state index is 10.9. The molecule has 0 fully saturated rings. The predicted molar refractivity (Wildman–Crippen MR) is 53.0 cm³/mol. The molecule has 1 aromatic carbocycles. The fraction of sp³-hybridized carbons (Fsp3) is 0.222. The molecule has 3 heteroatoms. The number of Topliss-reactive ketones (excluding diaryl/α,β-unsaturated/α-hetero) is 1. The summed E-state index contributed by atoms with van der Waals surface area (Å²) < 4.78 is 0. The van der Waals surface area contributed by atoms with Crippen LogP contribution < -0.4 is 0 Å². The number of thiol groups is 1. The first-order chi connectivity index (χ1) is 5.61. The molecule has 1 rings (SSSR count). The van der Waals surface area contributed by atoms with Crippen molar-refractivity contribution in [1.82, 2.24) is 0 Å². The Balaban J connectivity index is 2.95. The van der Waals surface area contributed by atoms with E-state index in [-0.39, 0.29) is 5.78 Å². The second kappa shape index (κ2) is 3.97. The molecule has 1 unspecified atom stereocenters. The first-order valence-electron chi connectivity index (χ1n) is 3.54. The van der Waals surface area contributed by atoms with Crippen molar-refractivity contribution in [3.05, 3.63) is 29.8 Å². The fourth-order valence-electron chi connectivity index (χ4n) is 0.917. The van der Waals surface area contributed by atoms with Gasteiger partial charge in [0.05, 0.1) is 0 Å². The molecule has 0 aliphatic heterocycles. The molecule has 1 aromatic rings. The average molecular weight is 201 g/mol. The highest BCUT2D eigenvalue weighted by Gasteiger charge is 2.12. The van der Waals surface area contributed by atoms with E-state index in [4.69, 9.17) is 11.6 Å². The molecule has 0 bridgehead atoms. The monoisotopic (exact) mass is 200 g/mol. The zero-order valence-electron chi connectivity index (χ0n) is 6.62. The molecule has 64 valence electrons. The Morgan fingerprint density at radius 2 is 2.25 bits per heavy atom. The van der Waals surface area contributed by atoms with Crippen molar-refractivity contribution in [2.45, 2.75) is 17.2 Å². The van der Waals surface area contributed by atoms with E-state index in [0.717, 1.165) is 10.5 Å². The van der Waals surface area contributed by atoms with Gasteiger partial charge in [-0.05, 0) is 24.6 Å². The van der Waals surface area contributed by atoms with Crippen LogP contribution >= 0.6 is 24.2 Å². The van der Waals surface area contributed by atoms with Gasteiger partial charge >= 0.3 is 0 Å². The minimum atomic E-state index is -0.544. The number of alkyl halides is 1. The Labute approximate surface area is 82.1 Å². The molecule has 0 radical (unpaired) electrons. The standard InChI is InChI=1S/C9H9ClOS/c1-6(11)9(10)7-3-2-4-8(12)5-7/h2-5,9,12H,1H3. The number of carbonyl (C=O) groups excluding carboxylic acids is 1. The van der Waals surface area contributed by atoms with Gasteiger partial charge in [-0.3, -0.25) is 4.79 Å². The van der Waals surface area contributed by atoms with Gasteiger partial charge in [0.2, 0.25) is 0 Å². The minimum absolute atomic E-state index is 0.0457. The fourth-order valence-corrected chi connectivity index (χ4v) is 1.29. The van der Waals surface area contributed by atoms with Crippen LogP contribution in [0.15, 0.2) is 29.2 Å². The van der Waals surface area contributed by atoms with Crippen molar-refractivity contribution < 1.29 is 4.79 Å². The molecule has 0 spiro atoms. The van der Waals surface area contributed by atoms with Gasteiger partial charge in [0.1, 0.15) is 5.38 Å². The number of halogens is 1. The average Bonchev–Trinajstić information content (AvgIpc) is 2.03. The Bertz CT molecular complexity index is 298. The third-order valence-corrected chi connectivity index (χ3v) is 2.36. The topological polar surface area (TPSA) is 17.1 Å². The lowest BCUT2D eigenvalue weighted by Crippen LogP contribution is -2.00. The summed E-state index contributed by atoms with van der Waals surface area (Å²) in [5.74, 6) is -0.0457. The Morgan fingerprint density at radius 3 is 2.75 bits per heavy atom. The summed E-state index contributed by atoms with van der Waals surface area (Å²) in [6, 6.07) is 7.29. The van der Waals surface area contributed by atoms with Gasteiger partial charge < -0.3 is 0 Å². The molecule has 0 heterocycles. The number of hydrogen-bond acceptors (Lipinski definition) is 2. The van der Waals surface area contributed by atoms with Crippen LogP contribution in [-0.4, -0.2) is 5.78 Å². The van der Waals surface area contributed by atoms with Crippen LogP contribution in [0, 0.1) is 0 Å². The van der Waals surface area contributed by atoms with E-state index in [1.807, 2.05) is 18.2 Å². The van der Waals surface area contributed by atoms with Crippen LogP contribution in [-0.2, 0) is 4.79 Å². The number of rotatable bonds is 2. The molecule has 0 amide bonds. The van der Waals surface area contributed by atoms with Crippen LogP contribution in [0.25, 0.3) is 0 Å². The van der Waals surface area contributed by atoms with Crippen LogP contribution in [0.1, 0.15) is 17.9 Å². The summed E-state index contributed by atoms with van der Waals surface area (Å²) >= 11 is 9.98. The van der Waals surface area contributed by atoms with E-state index in [2.05, 4.69) is 12.6 Å². The second-order valence-corrected chi connectivity index (χ2v) is 3.52. The normalized spacial score (nSPS) is 12.6. The van der Waals surface area contributed by atoms with Gasteiger partial charge in [-0.15, -0.1) is 24.2 Å². The van der Waals surface area contributed by atoms with Crippen molar-refractivity contribution in [1.29, 1.82) is 0 Å². The molecule has 0 aliphatic carbocycles. The summed E-state index contributed by atoms with van der Waals surface area (Å²) in [5.41, 5.74) is 0.802. The zero-order valence-corrected chi connectivity index (χ0v) is 8.27. The van der Waals surface area contributed by atoms with Crippen LogP contribution in [0.2, 0.25) is 0 Å². The molecular formula is C9H9ClOS. The van der Waals surface area contributed by atoms with E-state index >= 15 is 0 Å². The highest BCUT2D eigenvalue weighted by atomic mass is 35.5. The molecule has 0 saturated carbocycles.